The Morgan fingerprint density at radius 2 is 1.19 bits per heavy atom. The number of aryl methyl sites for hydroxylation is 1. The predicted octanol–water partition coefficient (Wildman–Crippen LogP) is 12.2. The molecule has 2 aromatic heterocycles. The van der Waals surface area contributed by atoms with Crippen molar-refractivity contribution in [2.75, 3.05) is 0 Å². The largest absolute Gasteiger partial charge is 0.310 e. The summed E-state index contributed by atoms with van der Waals surface area (Å²) in [5, 5.41) is 5.00. The SMILES string of the molecule is [B]c1c(C)c(-c2ccc3c(c2)c2ccccc2n3-c2ccc(-c3ccccc3)cc2)c(C)c2c3c(C4C=CC=CC4)cccc3n(-c3ccccc3)c12. The molecule has 0 bridgehead atoms. The van der Waals surface area contributed by atoms with Gasteiger partial charge in [-0.05, 0) is 108 Å². The van der Waals surface area contributed by atoms with Gasteiger partial charge in [0.05, 0.1) is 16.6 Å². The molecule has 1 atom stereocenters. The van der Waals surface area contributed by atoms with Gasteiger partial charge < -0.3 is 9.13 Å². The number of fused-ring (bicyclic) bond motifs is 6. The lowest BCUT2D eigenvalue weighted by Gasteiger charge is -2.19. The first-order valence-electron chi connectivity index (χ1n) is 18.5. The fourth-order valence-electron chi connectivity index (χ4n) is 8.94. The van der Waals surface area contributed by atoms with E-state index >= 15 is 0 Å². The van der Waals surface area contributed by atoms with E-state index < -0.39 is 0 Å². The van der Waals surface area contributed by atoms with Crippen molar-refractivity contribution in [1.82, 2.24) is 9.13 Å². The highest BCUT2D eigenvalue weighted by Gasteiger charge is 2.25. The Hall–Kier alpha value is -6.32. The molecule has 2 heterocycles. The molecule has 0 spiro atoms. The molecular weight excluding hydrogens is 639 g/mol. The summed E-state index contributed by atoms with van der Waals surface area (Å²) < 4.78 is 4.78. The van der Waals surface area contributed by atoms with E-state index in [1.807, 2.05) is 0 Å². The summed E-state index contributed by atoms with van der Waals surface area (Å²) >= 11 is 0. The molecule has 3 heteroatoms. The van der Waals surface area contributed by atoms with E-state index in [4.69, 9.17) is 7.85 Å². The fraction of sp³-hybridized carbons (Fsp3) is 0.0800. The van der Waals surface area contributed by atoms with Crippen LogP contribution in [0.25, 0.3) is 77.2 Å². The van der Waals surface area contributed by atoms with Crippen molar-refractivity contribution in [3.8, 4) is 33.6 Å². The Balaban J connectivity index is 1.22. The highest BCUT2D eigenvalue weighted by Crippen LogP contribution is 2.44. The molecule has 0 aliphatic heterocycles. The smallest absolute Gasteiger partial charge is 0.117 e. The lowest BCUT2D eigenvalue weighted by atomic mass is 9.80. The van der Waals surface area contributed by atoms with E-state index in [2.05, 4.69) is 193 Å². The number of allylic oxidation sites excluding steroid dienone is 4. The van der Waals surface area contributed by atoms with Gasteiger partial charge in [0.25, 0.3) is 0 Å². The zero-order chi connectivity index (χ0) is 35.6. The summed E-state index contributed by atoms with van der Waals surface area (Å²) in [4.78, 5) is 0. The maximum atomic E-state index is 7.34. The third-order valence-electron chi connectivity index (χ3n) is 11.4. The molecule has 1 unspecified atom stereocenters. The van der Waals surface area contributed by atoms with Crippen LogP contribution < -0.4 is 5.46 Å². The summed E-state index contributed by atoms with van der Waals surface area (Å²) in [6.45, 7) is 4.50. The topological polar surface area (TPSA) is 9.86 Å². The molecule has 9 aromatic rings. The minimum atomic E-state index is 0.299. The van der Waals surface area contributed by atoms with Crippen molar-refractivity contribution >= 4 is 56.9 Å². The first-order chi connectivity index (χ1) is 26.1. The van der Waals surface area contributed by atoms with Gasteiger partial charge in [0.1, 0.15) is 7.85 Å². The lowest BCUT2D eigenvalue weighted by Crippen LogP contribution is -2.15. The Morgan fingerprint density at radius 1 is 0.528 bits per heavy atom. The minimum Gasteiger partial charge on any atom is -0.310 e. The van der Waals surface area contributed by atoms with Crippen LogP contribution in [0.5, 0.6) is 0 Å². The second-order valence-electron chi connectivity index (χ2n) is 14.3. The van der Waals surface area contributed by atoms with Crippen LogP contribution in [0.15, 0.2) is 170 Å². The summed E-state index contributed by atoms with van der Waals surface area (Å²) in [5.41, 5.74) is 16.3. The van der Waals surface area contributed by atoms with Crippen LogP contribution in [0.2, 0.25) is 0 Å². The zero-order valence-corrected chi connectivity index (χ0v) is 29.9. The number of rotatable bonds is 5. The first-order valence-corrected chi connectivity index (χ1v) is 18.5. The number of benzene rings is 7. The van der Waals surface area contributed by atoms with Crippen molar-refractivity contribution in [2.24, 2.45) is 0 Å². The minimum absolute atomic E-state index is 0.299. The van der Waals surface area contributed by atoms with Crippen LogP contribution >= 0.6 is 0 Å². The molecule has 0 N–H and O–H groups in total. The van der Waals surface area contributed by atoms with Crippen molar-refractivity contribution < 1.29 is 0 Å². The summed E-state index contributed by atoms with van der Waals surface area (Å²) in [7, 11) is 7.34. The average Bonchev–Trinajstić information content (AvgIpc) is 3.75. The third-order valence-corrected chi connectivity index (χ3v) is 11.4. The lowest BCUT2D eigenvalue weighted by molar-refractivity contribution is 0.862. The van der Waals surface area contributed by atoms with Crippen molar-refractivity contribution in [2.45, 2.75) is 26.2 Å². The summed E-state index contributed by atoms with van der Waals surface area (Å²) in [6.07, 6.45) is 9.94. The fourth-order valence-corrected chi connectivity index (χ4v) is 8.94. The van der Waals surface area contributed by atoms with Gasteiger partial charge in [0.2, 0.25) is 0 Å². The van der Waals surface area contributed by atoms with Crippen LogP contribution in [-0.2, 0) is 0 Å². The summed E-state index contributed by atoms with van der Waals surface area (Å²) in [5.74, 6) is 0.299. The van der Waals surface area contributed by atoms with Crippen molar-refractivity contribution in [3.05, 3.63) is 187 Å². The van der Waals surface area contributed by atoms with E-state index in [1.54, 1.807) is 0 Å². The van der Waals surface area contributed by atoms with E-state index in [-0.39, 0.29) is 0 Å². The highest BCUT2D eigenvalue weighted by atomic mass is 15.0. The van der Waals surface area contributed by atoms with Gasteiger partial charge in [-0.25, -0.2) is 0 Å². The number of aromatic nitrogens is 2. The van der Waals surface area contributed by atoms with Gasteiger partial charge in [0.15, 0.2) is 0 Å². The van der Waals surface area contributed by atoms with Crippen molar-refractivity contribution in [3.63, 3.8) is 0 Å². The van der Waals surface area contributed by atoms with E-state index in [1.165, 1.54) is 71.5 Å². The van der Waals surface area contributed by atoms with Gasteiger partial charge in [-0.3, -0.25) is 0 Å². The highest BCUT2D eigenvalue weighted by molar-refractivity contribution is 6.42. The Labute approximate surface area is 311 Å². The molecule has 0 saturated carbocycles. The molecule has 7 aromatic carbocycles. The molecule has 0 fully saturated rings. The zero-order valence-electron chi connectivity index (χ0n) is 29.9. The average molecular weight is 677 g/mol. The van der Waals surface area contributed by atoms with Crippen LogP contribution in [0.4, 0.5) is 0 Å². The molecule has 53 heavy (non-hydrogen) atoms. The summed E-state index contributed by atoms with van der Waals surface area (Å²) in [6, 6.07) is 52.7. The van der Waals surface area contributed by atoms with Crippen LogP contribution in [0.1, 0.15) is 29.0 Å². The first kappa shape index (κ1) is 31.4. The molecule has 2 radical (unpaired) electrons. The number of hydrogen-bond donors (Lipinski definition) is 0. The second-order valence-corrected chi connectivity index (χ2v) is 14.3. The van der Waals surface area contributed by atoms with Gasteiger partial charge >= 0.3 is 0 Å². The molecule has 1 aliphatic carbocycles. The van der Waals surface area contributed by atoms with Gasteiger partial charge in [-0.2, -0.15) is 0 Å². The molecule has 250 valence electrons. The molecule has 1 aliphatic rings. The number of hydrogen-bond acceptors (Lipinski definition) is 0. The van der Waals surface area contributed by atoms with E-state index in [0.717, 1.165) is 34.3 Å². The van der Waals surface area contributed by atoms with Crippen LogP contribution in [0.3, 0.4) is 0 Å². The van der Waals surface area contributed by atoms with E-state index in [9.17, 15) is 0 Å². The second kappa shape index (κ2) is 12.4. The van der Waals surface area contributed by atoms with Crippen LogP contribution in [0, 0.1) is 13.8 Å². The van der Waals surface area contributed by atoms with Gasteiger partial charge in [0, 0.05) is 44.4 Å². The van der Waals surface area contributed by atoms with Crippen LogP contribution in [-0.4, -0.2) is 17.0 Å². The normalized spacial score (nSPS) is 14.3. The third kappa shape index (κ3) is 4.88. The standard InChI is InChI=1S/C50H37BN2/c1-32-46(33(2)49(51)50-47(32)48-40(36-17-8-4-9-18-36)22-14-24-45(48)53(50)38-19-10-5-11-20-38)37-27-30-44-42(31-37)41-21-12-13-23-43(41)52(44)39-28-25-35(26-29-39)34-15-6-3-7-16-34/h3-17,19-31,36H,18H2,1-2H3. The quantitative estimate of drug-likeness (QED) is 0.161. The molecule has 2 nitrogen and oxygen atoms in total. The maximum absolute atomic E-state index is 7.34. The number of para-hydroxylation sites is 2. The predicted molar refractivity (Wildman–Crippen MR) is 226 cm³/mol. The Morgan fingerprint density at radius 3 is 1.96 bits per heavy atom. The molecular formula is C50H37BN2. The van der Waals surface area contributed by atoms with Crippen molar-refractivity contribution in [1.29, 1.82) is 0 Å². The maximum Gasteiger partial charge on any atom is 0.117 e. The van der Waals surface area contributed by atoms with Gasteiger partial charge in [-0.15, -0.1) is 0 Å². The Bertz CT molecular complexity index is 2920. The Kier molecular flexibility index (Phi) is 7.37. The van der Waals surface area contributed by atoms with Gasteiger partial charge in [-0.1, -0.05) is 127 Å². The monoisotopic (exact) mass is 676 g/mol. The molecule has 0 amide bonds. The van der Waals surface area contributed by atoms with E-state index in [0.29, 0.717) is 5.92 Å². The molecule has 0 saturated heterocycles. The number of nitrogens with zero attached hydrogens (tertiary/aromatic N) is 2. The molecule has 10 rings (SSSR count).